The molecule has 0 saturated heterocycles. The zero-order valence-corrected chi connectivity index (χ0v) is 15.6. The van der Waals surface area contributed by atoms with Gasteiger partial charge in [0.1, 0.15) is 6.42 Å². The van der Waals surface area contributed by atoms with Crippen LogP contribution in [-0.4, -0.2) is 38.5 Å². The fourth-order valence-corrected chi connectivity index (χ4v) is 2.22. The Balaban J connectivity index is 1.83. The Morgan fingerprint density at radius 3 is 2.00 bits per heavy atom. The van der Waals surface area contributed by atoms with Gasteiger partial charge < -0.3 is 20.3 Å². The molecule has 0 aliphatic rings. The average molecular weight is 380 g/mol. The van der Waals surface area contributed by atoms with E-state index in [2.05, 4.69) is 10.6 Å². The number of carbonyl (C=O) groups excluding carboxylic acids is 3. The van der Waals surface area contributed by atoms with Gasteiger partial charge in [0, 0.05) is 31.2 Å². The van der Waals surface area contributed by atoms with Crippen molar-refractivity contribution in [3.05, 3.63) is 54.1 Å². The van der Waals surface area contributed by atoms with Crippen LogP contribution in [0.15, 0.2) is 48.5 Å². The van der Waals surface area contributed by atoms with Crippen LogP contribution in [0.25, 0.3) is 0 Å². The van der Waals surface area contributed by atoms with Gasteiger partial charge in [0.25, 0.3) is 5.91 Å². The minimum Gasteiger partial charge on any atom is -0.452 e. The fourth-order valence-electron chi connectivity index (χ4n) is 2.22. The van der Waals surface area contributed by atoms with E-state index in [-0.39, 0.29) is 12.0 Å². The van der Waals surface area contributed by atoms with Crippen molar-refractivity contribution in [1.82, 2.24) is 0 Å². The first-order chi connectivity index (χ1) is 13.4. The number of hydrogen-bond donors (Lipinski definition) is 2. The van der Waals surface area contributed by atoms with Gasteiger partial charge in [-0.25, -0.2) is 4.79 Å². The highest BCUT2D eigenvalue weighted by Crippen LogP contribution is 2.15. The van der Waals surface area contributed by atoms with Crippen molar-refractivity contribution in [3.63, 3.8) is 0 Å². The van der Waals surface area contributed by atoms with Crippen molar-refractivity contribution >= 4 is 34.8 Å². The van der Waals surface area contributed by atoms with Crippen LogP contribution < -0.4 is 15.5 Å². The number of nitrogens with zero attached hydrogens (tertiary/aromatic N) is 2. The molecule has 8 nitrogen and oxygen atoms in total. The number of esters is 1. The SMILES string of the molecule is CN(C)c1ccc(NC(=O)COC(=O)c2ccc(NC(=O)CC#N)cc2)cc1. The van der Waals surface area contributed by atoms with Gasteiger partial charge in [-0.1, -0.05) is 0 Å². The van der Waals surface area contributed by atoms with Crippen molar-refractivity contribution in [2.75, 3.05) is 36.2 Å². The number of benzene rings is 2. The van der Waals surface area contributed by atoms with Gasteiger partial charge >= 0.3 is 5.97 Å². The van der Waals surface area contributed by atoms with E-state index in [0.717, 1.165) is 5.69 Å². The molecule has 28 heavy (non-hydrogen) atoms. The third-order valence-electron chi connectivity index (χ3n) is 3.65. The maximum absolute atomic E-state index is 12.0. The van der Waals surface area contributed by atoms with E-state index >= 15 is 0 Å². The van der Waals surface area contributed by atoms with Crippen molar-refractivity contribution < 1.29 is 19.1 Å². The minimum atomic E-state index is -0.659. The Hall–Kier alpha value is -3.86. The number of nitriles is 1. The van der Waals surface area contributed by atoms with Gasteiger partial charge in [-0.05, 0) is 48.5 Å². The highest BCUT2D eigenvalue weighted by atomic mass is 16.5. The smallest absolute Gasteiger partial charge is 0.338 e. The molecule has 0 bridgehead atoms. The number of rotatable bonds is 7. The van der Waals surface area contributed by atoms with Crippen LogP contribution in [0.4, 0.5) is 17.1 Å². The number of nitrogens with one attached hydrogen (secondary N) is 2. The quantitative estimate of drug-likeness (QED) is 0.714. The van der Waals surface area contributed by atoms with Crippen LogP contribution in [0.3, 0.4) is 0 Å². The lowest BCUT2D eigenvalue weighted by Crippen LogP contribution is -2.21. The zero-order valence-electron chi connectivity index (χ0n) is 15.6. The Morgan fingerprint density at radius 2 is 1.46 bits per heavy atom. The number of carbonyl (C=O) groups is 3. The van der Waals surface area contributed by atoms with Crippen LogP contribution in [0.1, 0.15) is 16.8 Å². The summed E-state index contributed by atoms with van der Waals surface area (Å²) in [6.07, 6.45) is -0.253. The van der Waals surface area contributed by atoms with Crippen molar-refractivity contribution in [1.29, 1.82) is 5.26 Å². The molecule has 2 N–H and O–H groups in total. The molecule has 0 aromatic heterocycles. The van der Waals surface area contributed by atoms with Crippen LogP contribution in [0.2, 0.25) is 0 Å². The number of amides is 2. The summed E-state index contributed by atoms with van der Waals surface area (Å²) >= 11 is 0. The van der Waals surface area contributed by atoms with Crippen molar-refractivity contribution in [3.8, 4) is 6.07 Å². The molecular formula is C20H20N4O4. The molecule has 0 spiro atoms. The molecule has 0 aliphatic carbocycles. The molecular weight excluding hydrogens is 360 g/mol. The third-order valence-corrected chi connectivity index (χ3v) is 3.65. The topological polar surface area (TPSA) is 112 Å². The van der Waals surface area contributed by atoms with Gasteiger partial charge in [-0.2, -0.15) is 5.26 Å². The number of anilines is 3. The zero-order chi connectivity index (χ0) is 20.5. The van der Waals surface area contributed by atoms with Crippen LogP contribution in [-0.2, 0) is 14.3 Å². The van der Waals surface area contributed by atoms with E-state index in [9.17, 15) is 14.4 Å². The average Bonchev–Trinajstić information content (AvgIpc) is 2.67. The normalized spacial score (nSPS) is 9.75. The van der Waals surface area contributed by atoms with Gasteiger partial charge in [0.05, 0.1) is 11.6 Å². The Labute approximate surface area is 162 Å². The summed E-state index contributed by atoms with van der Waals surface area (Å²) in [6.45, 7) is -0.422. The summed E-state index contributed by atoms with van der Waals surface area (Å²) in [5.74, 6) is -1.55. The summed E-state index contributed by atoms with van der Waals surface area (Å²) < 4.78 is 4.99. The van der Waals surface area contributed by atoms with Gasteiger partial charge in [0.2, 0.25) is 5.91 Å². The largest absolute Gasteiger partial charge is 0.452 e. The van der Waals surface area contributed by atoms with E-state index in [1.165, 1.54) is 24.3 Å². The molecule has 0 unspecified atom stereocenters. The molecule has 0 aliphatic heterocycles. The van der Waals surface area contributed by atoms with E-state index < -0.39 is 24.4 Å². The summed E-state index contributed by atoms with van der Waals surface area (Å²) in [4.78, 5) is 37.2. The van der Waals surface area contributed by atoms with Crippen molar-refractivity contribution in [2.45, 2.75) is 6.42 Å². The van der Waals surface area contributed by atoms with E-state index in [0.29, 0.717) is 11.4 Å². The first-order valence-corrected chi connectivity index (χ1v) is 8.40. The first-order valence-electron chi connectivity index (χ1n) is 8.40. The van der Waals surface area contributed by atoms with E-state index in [4.69, 9.17) is 10.00 Å². The molecule has 0 radical (unpaired) electrons. The monoisotopic (exact) mass is 380 g/mol. The highest BCUT2D eigenvalue weighted by Gasteiger charge is 2.11. The van der Waals surface area contributed by atoms with Gasteiger partial charge in [0.15, 0.2) is 6.61 Å². The standard InChI is InChI=1S/C20H20N4O4/c1-24(2)17-9-7-16(8-10-17)23-19(26)13-28-20(27)14-3-5-15(6-4-14)22-18(25)11-12-21/h3-10H,11,13H2,1-2H3,(H,22,25)(H,23,26). The predicted molar refractivity (Wildman–Crippen MR) is 105 cm³/mol. The first kappa shape index (κ1) is 20.5. The summed E-state index contributed by atoms with van der Waals surface area (Å²) in [7, 11) is 3.83. The lowest BCUT2D eigenvalue weighted by Gasteiger charge is -2.13. The van der Waals surface area contributed by atoms with Crippen LogP contribution >= 0.6 is 0 Å². The number of hydrogen-bond acceptors (Lipinski definition) is 6. The van der Waals surface area contributed by atoms with Gasteiger partial charge in [-0.15, -0.1) is 0 Å². The van der Waals surface area contributed by atoms with E-state index in [1.54, 1.807) is 18.2 Å². The summed E-state index contributed by atoms with van der Waals surface area (Å²) in [6, 6.07) is 14.9. The van der Waals surface area contributed by atoms with Crippen molar-refractivity contribution in [2.24, 2.45) is 0 Å². The molecule has 8 heteroatoms. The highest BCUT2D eigenvalue weighted by molar-refractivity contribution is 5.96. The number of ether oxygens (including phenoxy) is 1. The Kier molecular flexibility index (Phi) is 7.11. The predicted octanol–water partition coefficient (Wildman–Crippen LogP) is 2.40. The maximum Gasteiger partial charge on any atom is 0.338 e. The van der Waals surface area contributed by atoms with Gasteiger partial charge in [-0.3, -0.25) is 9.59 Å². The molecule has 0 atom stereocenters. The summed E-state index contributed by atoms with van der Waals surface area (Å²) in [5.41, 5.74) is 2.29. The maximum atomic E-state index is 12.0. The lowest BCUT2D eigenvalue weighted by molar-refractivity contribution is -0.119. The minimum absolute atomic E-state index is 0.237. The molecule has 2 amide bonds. The van der Waals surface area contributed by atoms with E-state index in [1.807, 2.05) is 31.1 Å². The summed E-state index contributed by atoms with van der Waals surface area (Å²) in [5, 5.41) is 13.6. The second-order valence-corrected chi connectivity index (χ2v) is 6.03. The molecule has 0 fully saturated rings. The molecule has 0 saturated carbocycles. The molecule has 2 aromatic rings. The fraction of sp³-hybridized carbons (Fsp3) is 0.200. The molecule has 0 heterocycles. The molecule has 2 aromatic carbocycles. The lowest BCUT2D eigenvalue weighted by atomic mass is 10.2. The second kappa shape index (κ2) is 9.73. The Bertz CT molecular complexity index is 884. The molecule has 2 rings (SSSR count). The third kappa shape index (κ3) is 6.14. The van der Waals surface area contributed by atoms with Crippen LogP contribution in [0, 0.1) is 11.3 Å². The van der Waals surface area contributed by atoms with Crippen LogP contribution in [0.5, 0.6) is 0 Å². The second-order valence-electron chi connectivity index (χ2n) is 6.03. The Morgan fingerprint density at radius 1 is 0.929 bits per heavy atom. The molecule has 144 valence electrons.